The Morgan fingerprint density at radius 2 is 1.86 bits per heavy atom. The Balaban J connectivity index is 3.57. The van der Waals surface area contributed by atoms with Crippen LogP contribution in [0.4, 0.5) is 4.79 Å². The lowest BCUT2D eigenvalue weighted by Crippen LogP contribution is -2.22. The van der Waals surface area contributed by atoms with Crippen LogP contribution in [0.25, 0.3) is 0 Å². The van der Waals surface area contributed by atoms with Gasteiger partial charge in [0.2, 0.25) is 0 Å². The predicted octanol–water partition coefficient (Wildman–Crippen LogP) is 1.50. The second kappa shape index (κ2) is 7.17. The van der Waals surface area contributed by atoms with Gasteiger partial charge in [0.05, 0.1) is 6.61 Å². The van der Waals surface area contributed by atoms with Gasteiger partial charge in [0.15, 0.2) is 0 Å². The molecule has 0 heterocycles. The van der Waals surface area contributed by atoms with Crippen LogP contribution in [0.5, 0.6) is 0 Å². The Hall–Kier alpha value is -1.26. The monoisotopic (exact) mass is 204 g/mol. The summed E-state index contributed by atoms with van der Waals surface area (Å²) >= 11 is 0. The molecule has 1 unspecified atom stereocenters. The fourth-order valence-corrected chi connectivity index (χ4v) is 0.687. The van der Waals surface area contributed by atoms with Gasteiger partial charge < -0.3 is 14.2 Å². The summed E-state index contributed by atoms with van der Waals surface area (Å²) in [5.41, 5.74) is 0. The summed E-state index contributed by atoms with van der Waals surface area (Å²) in [4.78, 5) is 21.5. The van der Waals surface area contributed by atoms with Crippen LogP contribution in [0.15, 0.2) is 0 Å². The number of carbonyl (C=O) groups excluding carboxylic acids is 2. The van der Waals surface area contributed by atoms with Crippen molar-refractivity contribution < 1.29 is 23.8 Å². The molecule has 0 fully saturated rings. The summed E-state index contributed by atoms with van der Waals surface area (Å²) in [5, 5.41) is 0. The van der Waals surface area contributed by atoms with Gasteiger partial charge >= 0.3 is 12.1 Å². The van der Waals surface area contributed by atoms with E-state index in [2.05, 4.69) is 9.47 Å². The normalized spacial score (nSPS) is 11.6. The molecule has 5 heteroatoms. The van der Waals surface area contributed by atoms with E-state index >= 15 is 0 Å². The Morgan fingerprint density at radius 3 is 2.36 bits per heavy atom. The highest BCUT2D eigenvalue weighted by Crippen LogP contribution is 1.96. The molecule has 0 aromatic heterocycles. The van der Waals surface area contributed by atoms with Crippen molar-refractivity contribution >= 4 is 12.1 Å². The lowest BCUT2D eigenvalue weighted by molar-refractivity contribution is -0.150. The summed E-state index contributed by atoms with van der Waals surface area (Å²) in [5.74, 6) is -0.315. The van der Waals surface area contributed by atoms with Crippen molar-refractivity contribution in [2.75, 3.05) is 13.2 Å². The summed E-state index contributed by atoms with van der Waals surface area (Å²) < 4.78 is 14.0. The highest BCUT2D eigenvalue weighted by molar-refractivity contribution is 5.69. The van der Waals surface area contributed by atoms with Gasteiger partial charge in [-0.1, -0.05) is 6.92 Å². The quantitative estimate of drug-likeness (QED) is 0.635. The van der Waals surface area contributed by atoms with Crippen LogP contribution < -0.4 is 0 Å². The molecule has 0 radical (unpaired) electrons. The fraction of sp³-hybridized carbons (Fsp3) is 0.778. The highest BCUT2D eigenvalue weighted by Gasteiger charge is 2.10. The molecule has 0 aromatic rings. The molecule has 0 saturated heterocycles. The van der Waals surface area contributed by atoms with Crippen molar-refractivity contribution in [2.24, 2.45) is 0 Å². The molecule has 0 aliphatic carbocycles. The first-order chi connectivity index (χ1) is 6.60. The summed E-state index contributed by atoms with van der Waals surface area (Å²) in [6, 6.07) is 0. The van der Waals surface area contributed by atoms with Gasteiger partial charge in [0.1, 0.15) is 12.7 Å². The van der Waals surface area contributed by atoms with E-state index in [1.54, 1.807) is 20.8 Å². The molecule has 14 heavy (non-hydrogen) atoms. The van der Waals surface area contributed by atoms with Crippen molar-refractivity contribution in [3.05, 3.63) is 0 Å². The van der Waals surface area contributed by atoms with Gasteiger partial charge in [0.25, 0.3) is 0 Å². The number of esters is 1. The van der Waals surface area contributed by atoms with Crippen LogP contribution in [0.3, 0.4) is 0 Å². The maximum absolute atomic E-state index is 10.8. The lowest BCUT2D eigenvalue weighted by Gasteiger charge is -2.12. The molecule has 0 bridgehead atoms. The largest absolute Gasteiger partial charge is 0.508 e. The molecule has 1 atom stereocenters. The number of hydrogen-bond donors (Lipinski definition) is 0. The minimum atomic E-state index is -0.744. The van der Waals surface area contributed by atoms with Crippen molar-refractivity contribution in [3.8, 4) is 0 Å². The van der Waals surface area contributed by atoms with Crippen LogP contribution in [0.2, 0.25) is 0 Å². The standard InChI is InChI=1S/C9H16O5/c1-4-8(10)14-7(3)6-13-9(11)12-5-2/h7H,4-6H2,1-3H3. The van der Waals surface area contributed by atoms with Gasteiger partial charge in [-0.05, 0) is 13.8 Å². The van der Waals surface area contributed by atoms with Gasteiger partial charge in [0, 0.05) is 6.42 Å². The third-order valence-electron chi connectivity index (χ3n) is 1.32. The van der Waals surface area contributed by atoms with Crippen molar-refractivity contribution in [3.63, 3.8) is 0 Å². The van der Waals surface area contributed by atoms with Crippen LogP contribution in [-0.4, -0.2) is 31.4 Å². The molecular formula is C9H16O5. The second-order valence-corrected chi connectivity index (χ2v) is 2.65. The van der Waals surface area contributed by atoms with E-state index in [0.29, 0.717) is 6.42 Å². The summed E-state index contributed by atoms with van der Waals surface area (Å²) in [7, 11) is 0. The molecule has 0 amide bonds. The molecule has 0 aliphatic heterocycles. The third-order valence-corrected chi connectivity index (χ3v) is 1.32. The SMILES string of the molecule is CCOC(=O)OCC(C)OC(=O)CC. The van der Waals surface area contributed by atoms with Crippen LogP contribution in [-0.2, 0) is 19.0 Å². The molecule has 5 nitrogen and oxygen atoms in total. The maximum Gasteiger partial charge on any atom is 0.508 e. The Kier molecular flexibility index (Phi) is 6.53. The second-order valence-electron chi connectivity index (χ2n) is 2.65. The van der Waals surface area contributed by atoms with Crippen LogP contribution in [0, 0.1) is 0 Å². The number of hydrogen-bond acceptors (Lipinski definition) is 5. The average molecular weight is 204 g/mol. The Bertz CT molecular complexity index is 190. The number of ether oxygens (including phenoxy) is 3. The topological polar surface area (TPSA) is 61.8 Å². The van der Waals surface area contributed by atoms with E-state index in [4.69, 9.17) is 4.74 Å². The first kappa shape index (κ1) is 12.7. The molecule has 0 aromatic carbocycles. The number of rotatable bonds is 5. The van der Waals surface area contributed by atoms with Crippen LogP contribution in [0.1, 0.15) is 27.2 Å². The minimum absolute atomic E-state index is 0.0184. The molecule has 0 aliphatic rings. The molecular weight excluding hydrogens is 188 g/mol. The van der Waals surface area contributed by atoms with Crippen molar-refractivity contribution in [2.45, 2.75) is 33.3 Å². The molecule has 0 N–H and O–H groups in total. The smallest absolute Gasteiger partial charge is 0.459 e. The molecule has 0 saturated carbocycles. The van der Waals surface area contributed by atoms with E-state index in [9.17, 15) is 9.59 Å². The Morgan fingerprint density at radius 1 is 1.21 bits per heavy atom. The van der Waals surface area contributed by atoms with Gasteiger partial charge in [-0.2, -0.15) is 0 Å². The van der Waals surface area contributed by atoms with E-state index in [-0.39, 0.29) is 19.2 Å². The van der Waals surface area contributed by atoms with Crippen molar-refractivity contribution in [1.82, 2.24) is 0 Å². The first-order valence-electron chi connectivity index (χ1n) is 4.59. The fourth-order valence-electron chi connectivity index (χ4n) is 0.687. The zero-order valence-corrected chi connectivity index (χ0v) is 8.74. The zero-order chi connectivity index (χ0) is 11.0. The average Bonchev–Trinajstić information content (AvgIpc) is 2.15. The molecule has 0 spiro atoms. The van der Waals surface area contributed by atoms with Crippen molar-refractivity contribution in [1.29, 1.82) is 0 Å². The molecule has 0 rings (SSSR count). The van der Waals surface area contributed by atoms with E-state index < -0.39 is 12.3 Å². The minimum Gasteiger partial charge on any atom is -0.459 e. The zero-order valence-electron chi connectivity index (χ0n) is 8.74. The highest BCUT2D eigenvalue weighted by atomic mass is 16.7. The first-order valence-corrected chi connectivity index (χ1v) is 4.59. The number of carbonyl (C=O) groups is 2. The third kappa shape index (κ3) is 6.28. The lowest BCUT2D eigenvalue weighted by atomic mass is 10.4. The van der Waals surface area contributed by atoms with E-state index in [0.717, 1.165) is 0 Å². The maximum atomic E-state index is 10.8. The van der Waals surface area contributed by atoms with E-state index in [1.807, 2.05) is 0 Å². The summed E-state index contributed by atoms with van der Waals surface area (Å²) in [6.45, 7) is 5.31. The molecule has 82 valence electrons. The van der Waals surface area contributed by atoms with Gasteiger partial charge in [-0.3, -0.25) is 4.79 Å². The predicted molar refractivity (Wildman–Crippen MR) is 48.8 cm³/mol. The summed E-state index contributed by atoms with van der Waals surface area (Å²) in [6.07, 6.45) is -0.872. The Labute approximate surface area is 83.3 Å². The van der Waals surface area contributed by atoms with Crippen LogP contribution >= 0.6 is 0 Å². The van der Waals surface area contributed by atoms with Gasteiger partial charge in [-0.15, -0.1) is 0 Å². The van der Waals surface area contributed by atoms with E-state index in [1.165, 1.54) is 0 Å². The van der Waals surface area contributed by atoms with Gasteiger partial charge in [-0.25, -0.2) is 4.79 Å².